The van der Waals surface area contributed by atoms with Gasteiger partial charge in [-0.15, -0.1) is 0 Å². The molecule has 4 bridgehead atoms. The monoisotopic (exact) mass is 352 g/mol. The minimum atomic E-state index is -1.05. The molecule has 0 heterocycles. The molecule has 0 saturated heterocycles. The molecule has 0 aromatic rings. The minimum absolute atomic E-state index is 0.0987. The first-order chi connectivity index (χ1) is 11.6. The first-order valence-corrected chi connectivity index (χ1v) is 9.16. The highest BCUT2D eigenvalue weighted by molar-refractivity contribution is 5.97. The van der Waals surface area contributed by atoms with E-state index in [1.807, 2.05) is 0 Å². The van der Waals surface area contributed by atoms with Gasteiger partial charge in [-0.05, 0) is 71.1 Å². The Bertz CT molecular complexity index is 574. The molecule has 4 fully saturated rings. The second-order valence-electron chi connectivity index (χ2n) is 8.63. The van der Waals surface area contributed by atoms with Crippen LogP contribution in [0.1, 0.15) is 59.3 Å². The molecule has 0 aromatic carbocycles. The van der Waals surface area contributed by atoms with E-state index in [-0.39, 0.29) is 6.04 Å². The summed E-state index contributed by atoms with van der Waals surface area (Å²) in [6, 6.07) is -0.703. The second-order valence-corrected chi connectivity index (χ2v) is 8.63. The Morgan fingerprint density at radius 3 is 2.20 bits per heavy atom. The number of carbonyl (C=O) groups is 3. The van der Waals surface area contributed by atoms with Gasteiger partial charge in [-0.1, -0.05) is 0 Å². The topological polar surface area (TPSA) is 105 Å². The highest BCUT2D eigenvalue weighted by Gasteiger charge is 2.61. The number of hydrogen-bond acceptors (Lipinski definition) is 5. The van der Waals surface area contributed by atoms with Crippen LogP contribution in [0.25, 0.3) is 0 Å². The van der Waals surface area contributed by atoms with Crippen LogP contribution in [0.3, 0.4) is 0 Å². The molecule has 0 spiro atoms. The van der Waals surface area contributed by atoms with Crippen LogP contribution < -0.4 is 10.6 Å². The van der Waals surface area contributed by atoms with Gasteiger partial charge in [0.15, 0.2) is 6.10 Å². The molecular weight excluding hydrogens is 324 g/mol. The molecular formula is C18H28N2O5. The minimum Gasteiger partial charge on any atom is -0.452 e. The molecule has 7 heteroatoms. The fourth-order valence-electron chi connectivity index (χ4n) is 5.30. The summed E-state index contributed by atoms with van der Waals surface area (Å²) in [7, 11) is 0. The molecule has 4 aliphatic carbocycles. The molecule has 140 valence electrons. The second kappa shape index (κ2) is 6.27. The summed E-state index contributed by atoms with van der Waals surface area (Å²) >= 11 is 0. The fourth-order valence-corrected chi connectivity index (χ4v) is 5.30. The zero-order valence-corrected chi connectivity index (χ0v) is 15.1. The van der Waals surface area contributed by atoms with Crippen LogP contribution in [-0.4, -0.2) is 40.8 Å². The van der Waals surface area contributed by atoms with E-state index in [2.05, 4.69) is 10.6 Å². The number of nitrogens with one attached hydrogen (secondary N) is 2. The standard InChI is InChI=1S/C18H28N2O5/c1-10(2)19-16(23)20-14(21)11(3)25-15(22)17-5-12-4-13(6-17)8-18(24,7-12)9-17/h10-13,24H,4-9H2,1-3H3,(H2,19,20,21,23)/t11-,12+,13+,17?,18?/m0/s1. The van der Waals surface area contributed by atoms with Crippen molar-refractivity contribution < 1.29 is 24.2 Å². The fraction of sp³-hybridized carbons (Fsp3) is 0.833. The maximum absolute atomic E-state index is 12.8. The summed E-state index contributed by atoms with van der Waals surface area (Å²) < 4.78 is 5.41. The lowest BCUT2D eigenvalue weighted by atomic mass is 9.48. The number of urea groups is 1. The van der Waals surface area contributed by atoms with Crippen molar-refractivity contribution in [2.24, 2.45) is 17.3 Å². The Hall–Kier alpha value is -1.63. The average Bonchev–Trinajstić information content (AvgIpc) is 2.43. The van der Waals surface area contributed by atoms with Crippen LogP contribution in [0.4, 0.5) is 4.79 Å². The van der Waals surface area contributed by atoms with E-state index in [0.717, 1.165) is 32.1 Å². The van der Waals surface area contributed by atoms with E-state index in [0.29, 0.717) is 18.3 Å². The van der Waals surface area contributed by atoms with Crippen molar-refractivity contribution in [1.29, 1.82) is 0 Å². The largest absolute Gasteiger partial charge is 0.452 e. The van der Waals surface area contributed by atoms with Crippen molar-refractivity contribution in [1.82, 2.24) is 10.6 Å². The zero-order chi connectivity index (χ0) is 18.4. The van der Waals surface area contributed by atoms with Gasteiger partial charge in [0.2, 0.25) is 0 Å². The Morgan fingerprint density at radius 1 is 1.08 bits per heavy atom. The number of aliphatic hydroxyl groups is 1. The van der Waals surface area contributed by atoms with E-state index in [1.54, 1.807) is 13.8 Å². The van der Waals surface area contributed by atoms with Gasteiger partial charge in [0.25, 0.3) is 5.91 Å². The molecule has 4 saturated carbocycles. The van der Waals surface area contributed by atoms with Crippen molar-refractivity contribution in [2.75, 3.05) is 0 Å². The molecule has 0 unspecified atom stereocenters. The summed E-state index contributed by atoms with van der Waals surface area (Å²) in [5, 5.41) is 15.5. The van der Waals surface area contributed by atoms with E-state index < -0.39 is 35.0 Å². The number of ether oxygens (including phenoxy) is 1. The van der Waals surface area contributed by atoms with E-state index in [9.17, 15) is 19.5 Å². The lowest BCUT2D eigenvalue weighted by Crippen LogP contribution is -2.59. The summed E-state index contributed by atoms with van der Waals surface area (Å²) in [5.41, 5.74) is -1.43. The highest BCUT2D eigenvalue weighted by atomic mass is 16.5. The van der Waals surface area contributed by atoms with Crippen molar-refractivity contribution in [3.8, 4) is 0 Å². The van der Waals surface area contributed by atoms with E-state index in [1.165, 1.54) is 6.92 Å². The first kappa shape index (κ1) is 18.2. The molecule has 4 rings (SSSR count). The van der Waals surface area contributed by atoms with Crippen LogP contribution in [0, 0.1) is 17.3 Å². The summed E-state index contributed by atoms with van der Waals surface area (Å²) in [6.45, 7) is 5.03. The lowest BCUT2D eigenvalue weighted by molar-refractivity contribution is -0.199. The molecule has 0 aliphatic heterocycles. The normalized spacial score (nSPS) is 36.8. The van der Waals surface area contributed by atoms with Gasteiger partial charge < -0.3 is 15.2 Å². The van der Waals surface area contributed by atoms with Gasteiger partial charge in [0, 0.05) is 6.04 Å². The smallest absolute Gasteiger partial charge is 0.321 e. The third kappa shape index (κ3) is 3.66. The molecule has 3 atom stereocenters. The number of imide groups is 1. The summed E-state index contributed by atoms with van der Waals surface area (Å²) in [6.07, 6.45) is 3.44. The van der Waals surface area contributed by atoms with Crippen LogP contribution in [0.2, 0.25) is 0 Å². The predicted octanol–water partition coefficient (Wildman–Crippen LogP) is 1.48. The predicted molar refractivity (Wildman–Crippen MR) is 89.4 cm³/mol. The number of rotatable bonds is 4. The number of carbonyl (C=O) groups excluding carboxylic acids is 3. The van der Waals surface area contributed by atoms with Gasteiger partial charge in [-0.2, -0.15) is 0 Å². The highest BCUT2D eigenvalue weighted by Crippen LogP contribution is 2.62. The lowest BCUT2D eigenvalue weighted by Gasteiger charge is -2.58. The van der Waals surface area contributed by atoms with Crippen molar-refractivity contribution >= 4 is 17.9 Å². The third-order valence-corrected chi connectivity index (χ3v) is 5.77. The van der Waals surface area contributed by atoms with Crippen LogP contribution in [-0.2, 0) is 14.3 Å². The number of amides is 3. The quantitative estimate of drug-likeness (QED) is 0.665. The summed E-state index contributed by atoms with van der Waals surface area (Å²) in [4.78, 5) is 36.5. The van der Waals surface area contributed by atoms with Gasteiger partial charge in [0.1, 0.15) is 0 Å². The van der Waals surface area contributed by atoms with Gasteiger partial charge in [-0.25, -0.2) is 4.79 Å². The average molecular weight is 352 g/mol. The van der Waals surface area contributed by atoms with Crippen LogP contribution in [0.15, 0.2) is 0 Å². The van der Waals surface area contributed by atoms with E-state index >= 15 is 0 Å². The van der Waals surface area contributed by atoms with Crippen molar-refractivity contribution in [3.63, 3.8) is 0 Å². The maximum Gasteiger partial charge on any atom is 0.321 e. The van der Waals surface area contributed by atoms with Crippen LogP contribution in [0.5, 0.6) is 0 Å². The maximum atomic E-state index is 12.8. The van der Waals surface area contributed by atoms with Gasteiger partial charge in [0.05, 0.1) is 11.0 Å². The Labute approximate surface area is 147 Å². The molecule has 25 heavy (non-hydrogen) atoms. The Morgan fingerprint density at radius 2 is 1.68 bits per heavy atom. The molecule has 3 N–H and O–H groups in total. The Kier molecular flexibility index (Phi) is 4.56. The third-order valence-electron chi connectivity index (χ3n) is 5.77. The molecule has 7 nitrogen and oxygen atoms in total. The van der Waals surface area contributed by atoms with Gasteiger partial charge >= 0.3 is 12.0 Å². The van der Waals surface area contributed by atoms with Gasteiger partial charge in [-0.3, -0.25) is 14.9 Å². The zero-order valence-electron chi connectivity index (χ0n) is 15.1. The SMILES string of the molecule is CC(C)NC(=O)NC(=O)[C@H](C)OC(=O)C12C[C@H]3C[C@@H](CC(O)(C3)C1)C2. The molecule has 0 radical (unpaired) electrons. The molecule has 3 amide bonds. The first-order valence-electron chi connectivity index (χ1n) is 9.16. The number of hydrogen-bond donors (Lipinski definition) is 3. The Balaban J connectivity index is 1.60. The number of esters is 1. The van der Waals surface area contributed by atoms with E-state index in [4.69, 9.17) is 4.74 Å². The van der Waals surface area contributed by atoms with Crippen molar-refractivity contribution in [2.45, 2.75) is 77.0 Å². The van der Waals surface area contributed by atoms with Crippen LogP contribution >= 0.6 is 0 Å². The molecule has 4 aliphatic rings. The summed E-state index contributed by atoms with van der Waals surface area (Å²) in [5.74, 6) is -0.332. The van der Waals surface area contributed by atoms with Crippen molar-refractivity contribution in [3.05, 3.63) is 0 Å². The molecule has 0 aromatic heterocycles.